The van der Waals surface area contributed by atoms with Gasteiger partial charge in [0.2, 0.25) is 0 Å². The Morgan fingerprint density at radius 2 is 1.42 bits per heavy atom. The van der Waals surface area contributed by atoms with Crippen LogP contribution in [-0.4, -0.2) is 65.4 Å². The van der Waals surface area contributed by atoms with Gasteiger partial charge in [-0.15, -0.1) is 0 Å². The summed E-state index contributed by atoms with van der Waals surface area (Å²) in [5, 5.41) is 2.39. The summed E-state index contributed by atoms with van der Waals surface area (Å²) in [7, 11) is 2.54. The molecule has 0 aliphatic rings. The van der Waals surface area contributed by atoms with Crippen LogP contribution in [0.2, 0.25) is 0 Å². The minimum absolute atomic E-state index is 0.00374. The lowest BCUT2D eigenvalue weighted by atomic mass is 9.95. The molecule has 1 aromatic carbocycles. The Balaban J connectivity index is 3.08. The van der Waals surface area contributed by atoms with Crippen molar-refractivity contribution in [3.8, 4) is 0 Å². The lowest BCUT2D eigenvalue weighted by Gasteiger charge is -2.23. The Bertz CT molecular complexity index is 831. The maximum Gasteiger partial charge on any atom is 0.334 e. The van der Waals surface area contributed by atoms with E-state index in [0.717, 1.165) is 21.3 Å². The summed E-state index contributed by atoms with van der Waals surface area (Å²) in [6.07, 6.45) is -0.512. The van der Waals surface area contributed by atoms with Crippen molar-refractivity contribution in [2.24, 2.45) is 5.92 Å². The van der Waals surface area contributed by atoms with Gasteiger partial charge in [-0.25, -0.2) is 4.79 Å². The van der Waals surface area contributed by atoms with E-state index in [1.807, 2.05) is 0 Å². The Kier molecular flexibility index (Phi) is 10.3. The minimum Gasteiger partial charge on any atom is -0.469 e. The Morgan fingerprint density at radius 3 is 1.87 bits per heavy atom. The van der Waals surface area contributed by atoms with Crippen LogP contribution in [0.15, 0.2) is 24.3 Å². The fraction of sp³-hybridized carbons (Fsp3) is 0.474. The number of amides is 1. The number of carbonyl (C=O) groups is 4. The average Bonchev–Trinajstić information content (AvgIpc) is 2.80. The first-order valence-electron chi connectivity index (χ1n) is 8.97. The standard InChI is InChI=1S/C19H26NO10P/c1-26-15(21)10-14(18(23)27-2)16(19(24)28-3)20-17(22)13-8-6-12(7-9-13)11-31(25,29-4)30-5/h6-9,14,16H,10-11H2,1-5H3,(H,20,22)/t14-,16+/m1/s1. The van der Waals surface area contributed by atoms with Crippen LogP contribution in [0.5, 0.6) is 0 Å². The zero-order valence-electron chi connectivity index (χ0n) is 17.9. The van der Waals surface area contributed by atoms with E-state index < -0.39 is 49.8 Å². The molecule has 31 heavy (non-hydrogen) atoms. The maximum absolute atomic E-state index is 12.7. The SMILES string of the molecule is COC(=O)C[C@@H](C(=O)OC)[C@H](NC(=O)c1ccc(CP(=O)(OC)OC)cc1)C(=O)OC. The molecule has 0 aliphatic heterocycles. The Labute approximate surface area is 179 Å². The van der Waals surface area contributed by atoms with E-state index in [1.165, 1.54) is 26.4 Å². The van der Waals surface area contributed by atoms with Crippen molar-refractivity contribution >= 4 is 31.4 Å². The summed E-state index contributed by atoms with van der Waals surface area (Å²) in [6, 6.07) is 4.45. The van der Waals surface area contributed by atoms with Crippen LogP contribution in [0, 0.1) is 5.92 Å². The van der Waals surface area contributed by atoms with Crippen molar-refractivity contribution < 1.29 is 47.0 Å². The van der Waals surface area contributed by atoms with Crippen molar-refractivity contribution in [3.05, 3.63) is 35.4 Å². The van der Waals surface area contributed by atoms with E-state index in [1.54, 1.807) is 12.1 Å². The molecule has 2 atom stereocenters. The highest BCUT2D eigenvalue weighted by molar-refractivity contribution is 7.52. The Morgan fingerprint density at radius 1 is 0.871 bits per heavy atom. The van der Waals surface area contributed by atoms with Crippen LogP contribution in [0.4, 0.5) is 0 Å². The second kappa shape index (κ2) is 12.2. The molecule has 0 saturated heterocycles. The lowest BCUT2D eigenvalue weighted by Crippen LogP contribution is -2.50. The summed E-state index contributed by atoms with van der Waals surface area (Å²) in [5.41, 5.74) is 0.732. The summed E-state index contributed by atoms with van der Waals surface area (Å²) < 4.78 is 35.8. The van der Waals surface area contributed by atoms with Gasteiger partial charge < -0.3 is 28.6 Å². The van der Waals surface area contributed by atoms with E-state index >= 15 is 0 Å². The zero-order chi connectivity index (χ0) is 23.6. The molecule has 0 unspecified atom stereocenters. The molecule has 172 valence electrons. The third kappa shape index (κ3) is 7.46. The average molecular weight is 459 g/mol. The second-order valence-corrected chi connectivity index (χ2v) is 8.48. The van der Waals surface area contributed by atoms with E-state index in [4.69, 9.17) is 9.05 Å². The van der Waals surface area contributed by atoms with Gasteiger partial charge in [0, 0.05) is 19.8 Å². The molecule has 12 heteroatoms. The van der Waals surface area contributed by atoms with Crippen LogP contribution >= 0.6 is 7.60 Å². The van der Waals surface area contributed by atoms with Crippen molar-refractivity contribution in [1.82, 2.24) is 5.32 Å². The molecule has 0 aliphatic carbocycles. The highest BCUT2D eigenvalue weighted by Crippen LogP contribution is 2.49. The number of esters is 3. The third-order valence-corrected chi connectivity index (χ3v) is 6.28. The van der Waals surface area contributed by atoms with Gasteiger partial charge in [0.05, 0.1) is 39.8 Å². The maximum atomic E-state index is 12.7. The first-order valence-corrected chi connectivity index (χ1v) is 10.7. The van der Waals surface area contributed by atoms with Crippen LogP contribution in [0.25, 0.3) is 0 Å². The molecule has 0 fully saturated rings. The lowest BCUT2D eigenvalue weighted by molar-refractivity contribution is -0.158. The molecule has 0 heterocycles. The van der Waals surface area contributed by atoms with Gasteiger partial charge in [-0.05, 0) is 17.7 Å². The number of rotatable bonds is 11. The van der Waals surface area contributed by atoms with Crippen molar-refractivity contribution in [2.75, 3.05) is 35.5 Å². The fourth-order valence-corrected chi connectivity index (χ4v) is 3.68. The topological polar surface area (TPSA) is 144 Å². The minimum atomic E-state index is -3.28. The highest BCUT2D eigenvalue weighted by Gasteiger charge is 2.38. The molecule has 0 radical (unpaired) electrons. The number of hydrogen-bond donors (Lipinski definition) is 1. The van der Waals surface area contributed by atoms with Gasteiger partial charge in [0.15, 0.2) is 0 Å². The van der Waals surface area contributed by atoms with E-state index in [9.17, 15) is 23.7 Å². The quantitative estimate of drug-likeness (QED) is 0.292. The van der Waals surface area contributed by atoms with Crippen LogP contribution in [0.1, 0.15) is 22.3 Å². The molecule has 1 amide bonds. The van der Waals surface area contributed by atoms with E-state index in [2.05, 4.69) is 19.5 Å². The molecule has 0 aromatic heterocycles. The first-order chi connectivity index (χ1) is 14.6. The van der Waals surface area contributed by atoms with Crippen LogP contribution < -0.4 is 5.32 Å². The monoisotopic (exact) mass is 459 g/mol. The van der Waals surface area contributed by atoms with Crippen molar-refractivity contribution in [1.29, 1.82) is 0 Å². The molecule has 0 spiro atoms. The zero-order valence-corrected chi connectivity index (χ0v) is 18.8. The van der Waals surface area contributed by atoms with Gasteiger partial charge in [0.1, 0.15) is 6.04 Å². The predicted molar refractivity (Wildman–Crippen MR) is 107 cm³/mol. The van der Waals surface area contributed by atoms with Crippen LogP contribution in [-0.2, 0) is 48.4 Å². The summed E-state index contributed by atoms with van der Waals surface area (Å²) in [4.78, 5) is 48.7. The summed E-state index contributed by atoms with van der Waals surface area (Å²) in [6.45, 7) is 0. The molecule has 11 nitrogen and oxygen atoms in total. The third-order valence-electron chi connectivity index (χ3n) is 4.41. The number of carbonyl (C=O) groups excluding carboxylic acids is 4. The number of ether oxygens (including phenoxy) is 3. The van der Waals surface area contributed by atoms with Gasteiger partial charge in [-0.2, -0.15) is 0 Å². The molecule has 1 rings (SSSR count). The normalized spacial score (nSPS) is 12.9. The van der Waals surface area contributed by atoms with Crippen molar-refractivity contribution in [2.45, 2.75) is 18.6 Å². The Hall–Kier alpha value is -2.75. The van der Waals surface area contributed by atoms with E-state index in [0.29, 0.717) is 5.56 Å². The number of hydrogen-bond acceptors (Lipinski definition) is 10. The van der Waals surface area contributed by atoms with Gasteiger partial charge in [0.25, 0.3) is 5.91 Å². The number of methoxy groups -OCH3 is 3. The van der Waals surface area contributed by atoms with Gasteiger partial charge >= 0.3 is 25.5 Å². The smallest absolute Gasteiger partial charge is 0.334 e. The first kappa shape index (κ1) is 26.3. The van der Waals surface area contributed by atoms with Gasteiger partial charge in [-0.1, -0.05) is 12.1 Å². The molecular formula is C19H26NO10P. The fourth-order valence-electron chi connectivity index (χ4n) is 2.62. The molecule has 1 N–H and O–H groups in total. The van der Waals surface area contributed by atoms with E-state index in [-0.39, 0.29) is 11.7 Å². The number of nitrogens with one attached hydrogen (secondary N) is 1. The largest absolute Gasteiger partial charge is 0.469 e. The molecular weight excluding hydrogens is 433 g/mol. The second-order valence-electron chi connectivity index (χ2n) is 6.22. The number of benzene rings is 1. The molecule has 0 bridgehead atoms. The summed E-state index contributed by atoms with van der Waals surface area (Å²) >= 11 is 0. The van der Waals surface area contributed by atoms with Gasteiger partial charge in [-0.3, -0.25) is 18.9 Å². The molecule has 0 saturated carbocycles. The summed E-state index contributed by atoms with van der Waals surface area (Å²) in [5.74, 6) is -4.68. The molecule has 1 aromatic rings. The predicted octanol–water partition coefficient (Wildman–Crippen LogP) is 1.30. The highest BCUT2D eigenvalue weighted by atomic mass is 31.2. The van der Waals surface area contributed by atoms with Crippen molar-refractivity contribution in [3.63, 3.8) is 0 Å². The van der Waals surface area contributed by atoms with Crippen LogP contribution in [0.3, 0.4) is 0 Å².